The average molecular weight is 201 g/mol. The van der Waals surface area contributed by atoms with Gasteiger partial charge in [0.25, 0.3) is 0 Å². The van der Waals surface area contributed by atoms with Gasteiger partial charge in [0.05, 0.1) is 6.10 Å². The number of aliphatic hydroxyl groups is 1. The monoisotopic (exact) mass is 201 g/mol. The number of benzene rings is 1. The second kappa shape index (κ2) is 3.38. The van der Waals surface area contributed by atoms with Gasteiger partial charge in [-0.25, -0.2) is 0 Å². The van der Waals surface area contributed by atoms with Gasteiger partial charge >= 0.3 is 0 Å². The molecule has 1 atom stereocenters. The van der Waals surface area contributed by atoms with Crippen LogP contribution < -0.4 is 4.90 Å². The van der Waals surface area contributed by atoms with E-state index in [1.54, 1.807) is 0 Å². The first-order valence-corrected chi connectivity index (χ1v) is 5.55. The highest BCUT2D eigenvalue weighted by Crippen LogP contribution is 2.27. The maximum absolute atomic E-state index is 9.50. The van der Waals surface area contributed by atoms with Crippen LogP contribution in [0.5, 0.6) is 0 Å². The molecule has 2 nitrogen and oxygen atoms in total. The van der Waals surface area contributed by atoms with E-state index < -0.39 is 0 Å². The van der Waals surface area contributed by atoms with Crippen LogP contribution in [-0.2, 0) is 6.42 Å². The third-order valence-electron chi connectivity index (χ3n) is 3.29. The van der Waals surface area contributed by atoms with Crippen molar-refractivity contribution in [1.29, 1.82) is 0 Å². The topological polar surface area (TPSA) is 23.5 Å². The number of β-amino-alcohol motifs (C(OH)–C–C–N with tert-alkyl or cyclic N) is 1. The van der Waals surface area contributed by atoms with Gasteiger partial charge in [-0.15, -0.1) is 0 Å². The highest BCUT2D eigenvalue weighted by atomic mass is 16.3. The molecular weight excluding hydrogens is 186 g/mol. The van der Waals surface area contributed by atoms with Crippen LogP contribution in [0.15, 0.2) is 24.3 Å². The lowest BCUT2D eigenvalue weighted by Crippen LogP contribution is -2.21. The van der Waals surface area contributed by atoms with Crippen LogP contribution in [0.25, 0.3) is 6.08 Å². The van der Waals surface area contributed by atoms with E-state index in [-0.39, 0.29) is 6.10 Å². The molecule has 0 saturated carbocycles. The fourth-order valence-electron chi connectivity index (χ4n) is 2.42. The summed E-state index contributed by atoms with van der Waals surface area (Å²) in [5.74, 6) is 0. The van der Waals surface area contributed by atoms with Crippen molar-refractivity contribution >= 4 is 11.8 Å². The molecule has 1 heterocycles. The minimum Gasteiger partial charge on any atom is -0.391 e. The first kappa shape index (κ1) is 8.98. The summed E-state index contributed by atoms with van der Waals surface area (Å²) in [6.07, 6.45) is 6.19. The quantitative estimate of drug-likeness (QED) is 0.749. The van der Waals surface area contributed by atoms with Crippen molar-refractivity contribution in [3.63, 3.8) is 0 Å². The summed E-state index contributed by atoms with van der Waals surface area (Å²) < 4.78 is 0. The molecule has 15 heavy (non-hydrogen) atoms. The zero-order valence-corrected chi connectivity index (χ0v) is 8.69. The first-order valence-electron chi connectivity index (χ1n) is 5.55. The minimum atomic E-state index is -0.142. The van der Waals surface area contributed by atoms with Gasteiger partial charge in [0.15, 0.2) is 0 Å². The second-order valence-corrected chi connectivity index (χ2v) is 4.38. The van der Waals surface area contributed by atoms with Gasteiger partial charge in [-0.05, 0) is 36.1 Å². The highest BCUT2D eigenvalue weighted by molar-refractivity contribution is 5.65. The standard InChI is InChI=1S/C13H15NO/c15-13-6-7-14(9-13)12-5-4-10-2-1-3-11(10)8-12/h1-2,4-5,8,13,15H,3,6-7,9H2. The molecule has 1 saturated heterocycles. The Morgan fingerprint density at radius 3 is 3.07 bits per heavy atom. The number of hydrogen-bond acceptors (Lipinski definition) is 2. The number of allylic oxidation sites excluding steroid dienone is 1. The fraction of sp³-hybridized carbons (Fsp3) is 0.385. The lowest BCUT2D eigenvalue weighted by Gasteiger charge is -2.18. The summed E-state index contributed by atoms with van der Waals surface area (Å²) in [6.45, 7) is 1.76. The molecule has 2 heteroatoms. The van der Waals surface area contributed by atoms with Crippen LogP contribution >= 0.6 is 0 Å². The van der Waals surface area contributed by atoms with E-state index in [1.165, 1.54) is 16.8 Å². The number of fused-ring (bicyclic) bond motifs is 1. The van der Waals surface area contributed by atoms with Gasteiger partial charge in [-0.2, -0.15) is 0 Å². The van der Waals surface area contributed by atoms with Crippen LogP contribution in [0.2, 0.25) is 0 Å². The molecule has 0 bridgehead atoms. The zero-order valence-electron chi connectivity index (χ0n) is 8.69. The van der Waals surface area contributed by atoms with E-state index in [0.29, 0.717) is 0 Å². The number of hydrogen-bond donors (Lipinski definition) is 1. The molecule has 2 aliphatic rings. The Morgan fingerprint density at radius 1 is 1.33 bits per heavy atom. The molecule has 1 aliphatic heterocycles. The van der Waals surface area contributed by atoms with Crippen LogP contribution in [0.1, 0.15) is 17.5 Å². The molecule has 1 fully saturated rings. The van der Waals surface area contributed by atoms with Gasteiger partial charge in [-0.3, -0.25) is 0 Å². The summed E-state index contributed by atoms with van der Waals surface area (Å²) in [4.78, 5) is 2.27. The molecular formula is C13H15NO. The highest BCUT2D eigenvalue weighted by Gasteiger charge is 2.20. The van der Waals surface area contributed by atoms with Crippen LogP contribution in [0, 0.1) is 0 Å². The van der Waals surface area contributed by atoms with Crippen molar-refractivity contribution in [3.05, 3.63) is 35.4 Å². The van der Waals surface area contributed by atoms with E-state index in [1.807, 2.05) is 0 Å². The molecule has 0 spiro atoms. The third kappa shape index (κ3) is 1.55. The lowest BCUT2D eigenvalue weighted by molar-refractivity contribution is 0.198. The van der Waals surface area contributed by atoms with E-state index >= 15 is 0 Å². The van der Waals surface area contributed by atoms with Gasteiger partial charge in [0.2, 0.25) is 0 Å². The van der Waals surface area contributed by atoms with E-state index in [2.05, 4.69) is 35.3 Å². The molecule has 78 valence electrons. The van der Waals surface area contributed by atoms with Gasteiger partial charge < -0.3 is 10.0 Å². The molecule has 3 rings (SSSR count). The Morgan fingerprint density at radius 2 is 2.27 bits per heavy atom. The molecule has 1 N–H and O–H groups in total. The van der Waals surface area contributed by atoms with E-state index in [9.17, 15) is 5.11 Å². The largest absolute Gasteiger partial charge is 0.391 e. The van der Waals surface area contributed by atoms with Crippen molar-refractivity contribution in [2.75, 3.05) is 18.0 Å². The lowest BCUT2D eigenvalue weighted by atomic mass is 10.1. The zero-order chi connectivity index (χ0) is 10.3. The smallest absolute Gasteiger partial charge is 0.0731 e. The molecule has 1 aromatic rings. The van der Waals surface area contributed by atoms with Gasteiger partial charge in [-0.1, -0.05) is 18.2 Å². The fourth-order valence-corrected chi connectivity index (χ4v) is 2.42. The molecule has 0 radical (unpaired) electrons. The Bertz CT molecular complexity index is 411. The second-order valence-electron chi connectivity index (χ2n) is 4.38. The predicted molar refractivity (Wildman–Crippen MR) is 62.0 cm³/mol. The van der Waals surface area contributed by atoms with Crippen molar-refractivity contribution in [2.45, 2.75) is 18.9 Å². The van der Waals surface area contributed by atoms with Crippen molar-refractivity contribution < 1.29 is 5.11 Å². The molecule has 1 unspecified atom stereocenters. The number of anilines is 1. The van der Waals surface area contributed by atoms with Crippen molar-refractivity contribution in [2.24, 2.45) is 0 Å². The van der Waals surface area contributed by atoms with E-state index in [0.717, 1.165) is 25.9 Å². The van der Waals surface area contributed by atoms with Crippen molar-refractivity contribution in [1.82, 2.24) is 0 Å². The molecule has 1 aromatic carbocycles. The number of rotatable bonds is 1. The average Bonchev–Trinajstić information content (AvgIpc) is 2.84. The number of nitrogens with zero attached hydrogens (tertiary/aromatic N) is 1. The van der Waals surface area contributed by atoms with E-state index in [4.69, 9.17) is 0 Å². The summed E-state index contributed by atoms with van der Waals surface area (Å²) in [6, 6.07) is 6.60. The Hall–Kier alpha value is -1.28. The third-order valence-corrected chi connectivity index (χ3v) is 3.29. The summed E-state index contributed by atoms with van der Waals surface area (Å²) in [5, 5.41) is 9.50. The Kier molecular flexibility index (Phi) is 2.03. The molecule has 1 aliphatic carbocycles. The predicted octanol–water partition coefficient (Wildman–Crippen LogP) is 1.83. The maximum atomic E-state index is 9.50. The van der Waals surface area contributed by atoms with Crippen LogP contribution in [-0.4, -0.2) is 24.3 Å². The van der Waals surface area contributed by atoms with Gasteiger partial charge in [0, 0.05) is 18.8 Å². The van der Waals surface area contributed by atoms with Gasteiger partial charge in [0.1, 0.15) is 0 Å². The summed E-state index contributed by atoms with van der Waals surface area (Å²) in [5.41, 5.74) is 4.02. The van der Waals surface area contributed by atoms with Crippen molar-refractivity contribution in [3.8, 4) is 0 Å². The normalized spacial score (nSPS) is 23.5. The summed E-state index contributed by atoms with van der Waals surface area (Å²) in [7, 11) is 0. The Balaban J connectivity index is 1.88. The molecule has 0 amide bonds. The Labute approximate surface area is 89.8 Å². The molecule has 0 aromatic heterocycles. The summed E-state index contributed by atoms with van der Waals surface area (Å²) >= 11 is 0. The first-order chi connectivity index (χ1) is 7.33. The van der Waals surface area contributed by atoms with Crippen LogP contribution in [0.3, 0.4) is 0 Å². The maximum Gasteiger partial charge on any atom is 0.0731 e. The number of aliphatic hydroxyl groups excluding tert-OH is 1. The minimum absolute atomic E-state index is 0.142. The SMILES string of the molecule is OC1CCN(c2ccc3c(c2)CC=C3)C1. The van der Waals surface area contributed by atoms with Crippen LogP contribution in [0.4, 0.5) is 5.69 Å².